The van der Waals surface area contributed by atoms with Crippen LogP contribution in [0.4, 0.5) is 0 Å². The number of benzene rings is 1. The van der Waals surface area contributed by atoms with Gasteiger partial charge in [-0.15, -0.1) is 11.8 Å². The molecule has 0 bridgehead atoms. The number of carbonyl (C=O) groups is 2. The van der Waals surface area contributed by atoms with E-state index in [1.54, 1.807) is 16.7 Å². The van der Waals surface area contributed by atoms with Gasteiger partial charge in [-0.2, -0.15) is 0 Å². The van der Waals surface area contributed by atoms with Crippen LogP contribution in [0.5, 0.6) is 0 Å². The molecule has 1 heterocycles. The summed E-state index contributed by atoms with van der Waals surface area (Å²) in [7, 11) is 0. The summed E-state index contributed by atoms with van der Waals surface area (Å²) < 4.78 is 1.04. The molecule has 130 valence electrons. The van der Waals surface area contributed by atoms with Gasteiger partial charge in [-0.3, -0.25) is 9.59 Å². The standard InChI is InChI=1S/C18H23BrN2O2S/c1-18(2,3)20-16(22)15-9-24-10-21(15)17(23)14-8-13(14)11-5-4-6-12(19)7-11/h4-7,13-15H,8-10H2,1-3H3,(H,20,22). The van der Waals surface area contributed by atoms with Crippen molar-refractivity contribution in [2.45, 2.75) is 44.7 Å². The first-order valence-electron chi connectivity index (χ1n) is 8.22. The topological polar surface area (TPSA) is 49.4 Å². The SMILES string of the molecule is CC(C)(C)NC(=O)C1CSCN1C(=O)C1CC1c1cccc(Br)c1. The van der Waals surface area contributed by atoms with Gasteiger partial charge in [-0.25, -0.2) is 0 Å². The number of rotatable bonds is 3. The lowest BCUT2D eigenvalue weighted by atomic mass is 10.1. The number of amides is 2. The second-order valence-electron chi connectivity index (χ2n) is 7.57. The Bertz CT molecular complexity index is 659. The lowest BCUT2D eigenvalue weighted by Gasteiger charge is -2.28. The van der Waals surface area contributed by atoms with Crippen LogP contribution in [0.1, 0.15) is 38.7 Å². The molecule has 1 saturated heterocycles. The number of thioether (sulfide) groups is 1. The van der Waals surface area contributed by atoms with Gasteiger partial charge < -0.3 is 10.2 Å². The predicted octanol–water partition coefficient (Wildman–Crippen LogP) is 3.37. The van der Waals surface area contributed by atoms with E-state index in [0.29, 0.717) is 11.6 Å². The second-order valence-corrected chi connectivity index (χ2v) is 9.48. The van der Waals surface area contributed by atoms with Crippen LogP contribution in [0.3, 0.4) is 0 Å². The fraction of sp³-hybridized carbons (Fsp3) is 0.556. The molecule has 1 aromatic rings. The third-order valence-corrected chi connectivity index (χ3v) is 5.86. The molecule has 24 heavy (non-hydrogen) atoms. The summed E-state index contributed by atoms with van der Waals surface area (Å²) in [6, 6.07) is 7.81. The molecule has 0 radical (unpaired) electrons. The Morgan fingerprint density at radius 1 is 1.33 bits per heavy atom. The van der Waals surface area contributed by atoms with Gasteiger partial charge in [0.15, 0.2) is 0 Å². The van der Waals surface area contributed by atoms with E-state index in [1.807, 2.05) is 32.9 Å². The first kappa shape index (κ1) is 17.8. The van der Waals surface area contributed by atoms with Gasteiger partial charge in [0, 0.05) is 21.7 Å². The fourth-order valence-electron chi connectivity index (χ4n) is 3.12. The average Bonchev–Trinajstić information content (AvgIpc) is 3.13. The minimum absolute atomic E-state index is 0.0166. The van der Waals surface area contributed by atoms with E-state index in [4.69, 9.17) is 0 Å². The molecule has 1 aliphatic carbocycles. The van der Waals surface area contributed by atoms with E-state index >= 15 is 0 Å². The molecule has 1 saturated carbocycles. The number of hydrogen-bond acceptors (Lipinski definition) is 3. The number of halogens is 1. The molecule has 3 atom stereocenters. The first-order valence-corrected chi connectivity index (χ1v) is 10.2. The van der Waals surface area contributed by atoms with Crippen molar-refractivity contribution in [2.24, 2.45) is 5.92 Å². The minimum Gasteiger partial charge on any atom is -0.350 e. The molecule has 3 unspecified atom stereocenters. The highest BCUT2D eigenvalue weighted by Crippen LogP contribution is 2.49. The van der Waals surface area contributed by atoms with Gasteiger partial charge in [0.1, 0.15) is 6.04 Å². The predicted molar refractivity (Wildman–Crippen MR) is 101 cm³/mol. The Morgan fingerprint density at radius 3 is 2.75 bits per heavy atom. The van der Waals surface area contributed by atoms with E-state index < -0.39 is 0 Å². The summed E-state index contributed by atoms with van der Waals surface area (Å²) in [5.41, 5.74) is 0.919. The lowest BCUT2D eigenvalue weighted by Crippen LogP contribution is -2.52. The molecule has 1 N–H and O–H groups in total. The van der Waals surface area contributed by atoms with Gasteiger partial charge in [-0.1, -0.05) is 28.1 Å². The zero-order valence-corrected chi connectivity index (χ0v) is 16.6. The van der Waals surface area contributed by atoms with E-state index in [1.165, 1.54) is 5.56 Å². The summed E-state index contributed by atoms with van der Waals surface area (Å²) in [5, 5.41) is 3.00. The second kappa shape index (κ2) is 6.71. The molecular formula is C18H23BrN2O2S. The van der Waals surface area contributed by atoms with Crippen molar-refractivity contribution in [3.8, 4) is 0 Å². The van der Waals surface area contributed by atoms with Crippen molar-refractivity contribution in [3.63, 3.8) is 0 Å². The highest BCUT2D eigenvalue weighted by molar-refractivity contribution is 9.10. The third-order valence-electron chi connectivity index (χ3n) is 4.35. The maximum absolute atomic E-state index is 12.9. The van der Waals surface area contributed by atoms with Crippen LogP contribution in [0, 0.1) is 5.92 Å². The Kier molecular flexibility index (Phi) is 4.98. The minimum atomic E-state index is -0.342. The summed E-state index contributed by atoms with van der Waals surface area (Å²) in [6.07, 6.45) is 0.879. The molecular weight excluding hydrogens is 388 g/mol. The third kappa shape index (κ3) is 3.97. The van der Waals surface area contributed by atoms with Crippen molar-refractivity contribution in [1.29, 1.82) is 0 Å². The van der Waals surface area contributed by atoms with Crippen molar-refractivity contribution in [1.82, 2.24) is 10.2 Å². The zero-order valence-electron chi connectivity index (χ0n) is 14.2. The van der Waals surface area contributed by atoms with Crippen molar-refractivity contribution in [3.05, 3.63) is 34.3 Å². The summed E-state index contributed by atoms with van der Waals surface area (Å²) in [6.45, 7) is 5.88. The Labute approximate surface area is 155 Å². The van der Waals surface area contributed by atoms with Crippen LogP contribution in [0.25, 0.3) is 0 Å². The summed E-state index contributed by atoms with van der Waals surface area (Å²) in [5.74, 6) is 1.68. The molecule has 6 heteroatoms. The molecule has 2 amide bonds. The fourth-order valence-corrected chi connectivity index (χ4v) is 4.70. The number of carbonyl (C=O) groups excluding carboxylic acids is 2. The number of hydrogen-bond donors (Lipinski definition) is 1. The molecule has 4 nitrogen and oxygen atoms in total. The van der Waals surface area contributed by atoms with Crippen LogP contribution >= 0.6 is 27.7 Å². The van der Waals surface area contributed by atoms with Crippen LogP contribution in [0.2, 0.25) is 0 Å². The van der Waals surface area contributed by atoms with E-state index in [9.17, 15) is 9.59 Å². The molecule has 2 aliphatic rings. The first-order chi connectivity index (χ1) is 11.3. The van der Waals surface area contributed by atoms with Gasteiger partial charge in [0.05, 0.1) is 5.88 Å². The maximum atomic E-state index is 12.9. The molecule has 0 aromatic heterocycles. The number of nitrogens with one attached hydrogen (secondary N) is 1. The normalized spacial score (nSPS) is 26.3. The molecule has 1 aromatic carbocycles. The van der Waals surface area contributed by atoms with Gasteiger partial charge >= 0.3 is 0 Å². The van der Waals surface area contributed by atoms with Crippen LogP contribution in [-0.2, 0) is 9.59 Å². The lowest BCUT2D eigenvalue weighted by molar-refractivity contribution is -0.139. The van der Waals surface area contributed by atoms with Crippen LogP contribution in [0.15, 0.2) is 28.7 Å². The van der Waals surface area contributed by atoms with Crippen LogP contribution in [-0.4, -0.2) is 39.9 Å². The monoisotopic (exact) mass is 410 g/mol. The molecule has 3 rings (SSSR count). The van der Waals surface area contributed by atoms with Crippen LogP contribution < -0.4 is 5.32 Å². The average molecular weight is 411 g/mol. The maximum Gasteiger partial charge on any atom is 0.244 e. The van der Waals surface area contributed by atoms with Crippen molar-refractivity contribution < 1.29 is 9.59 Å². The van der Waals surface area contributed by atoms with Gasteiger partial charge in [0.2, 0.25) is 11.8 Å². The van der Waals surface area contributed by atoms with Crippen molar-refractivity contribution in [2.75, 3.05) is 11.6 Å². The Hall–Kier alpha value is -1.01. The van der Waals surface area contributed by atoms with E-state index in [0.717, 1.165) is 10.9 Å². The Morgan fingerprint density at radius 2 is 2.08 bits per heavy atom. The quantitative estimate of drug-likeness (QED) is 0.830. The Balaban J connectivity index is 1.66. The largest absolute Gasteiger partial charge is 0.350 e. The van der Waals surface area contributed by atoms with Crippen molar-refractivity contribution >= 4 is 39.5 Å². The number of nitrogens with zero attached hydrogens (tertiary/aromatic N) is 1. The molecule has 2 fully saturated rings. The smallest absolute Gasteiger partial charge is 0.244 e. The summed E-state index contributed by atoms with van der Waals surface area (Å²) >= 11 is 5.14. The van der Waals surface area contributed by atoms with Gasteiger partial charge in [0.25, 0.3) is 0 Å². The van der Waals surface area contributed by atoms with Gasteiger partial charge in [-0.05, 0) is 50.8 Å². The summed E-state index contributed by atoms with van der Waals surface area (Å²) in [4.78, 5) is 27.1. The zero-order chi connectivity index (χ0) is 17.5. The highest BCUT2D eigenvalue weighted by atomic mass is 79.9. The highest BCUT2D eigenvalue weighted by Gasteiger charge is 2.49. The molecule has 0 spiro atoms. The molecule has 1 aliphatic heterocycles. The van der Waals surface area contributed by atoms with E-state index in [2.05, 4.69) is 33.4 Å². The van der Waals surface area contributed by atoms with E-state index in [-0.39, 0.29) is 35.2 Å².